The van der Waals surface area contributed by atoms with Crippen molar-refractivity contribution in [3.05, 3.63) is 107 Å². The van der Waals surface area contributed by atoms with Crippen LogP contribution in [0.15, 0.2) is 90.1 Å². The van der Waals surface area contributed by atoms with Crippen LogP contribution in [0.2, 0.25) is 0 Å². The molecule has 2 aromatic carbocycles. The first kappa shape index (κ1) is 23.5. The maximum absolute atomic E-state index is 13.0. The molecule has 0 saturated heterocycles. The van der Waals surface area contributed by atoms with E-state index in [1.165, 1.54) is 0 Å². The van der Waals surface area contributed by atoms with Crippen molar-refractivity contribution in [1.29, 1.82) is 0 Å². The standard InChI is InChI=1S/C27H28N4O2/c1-5-6-8-11-18(2)14-22-17-29-31-27(33)23-15-21(16-24(28-4)25(22)23)26(32)30-19(3)20-12-9-7-10-13-20/h5-17,19,28H,1H2,2-4H3,(H,30,32)(H,31,33)/b8-6-,18-11+,22-14+. The van der Waals surface area contributed by atoms with Crippen molar-refractivity contribution < 1.29 is 9.59 Å². The van der Waals surface area contributed by atoms with Gasteiger partial charge in [-0.3, -0.25) is 9.59 Å². The molecule has 1 unspecified atom stereocenters. The molecular formula is C27H28N4O2. The number of carbonyl (C=O) groups excluding carboxylic acids is 2. The van der Waals surface area contributed by atoms with Gasteiger partial charge in [0.15, 0.2) is 0 Å². The largest absolute Gasteiger partial charge is 0.388 e. The average molecular weight is 441 g/mol. The molecule has 2 aromatic rings. The molecule has 0 aromatic heterocycles. The molecule has 3 rings (SSSR count). The lowest BCUT2D eigenvalue weighted by molar-refractivity contribution is 0.0940. The Labute approximate surface area is 194 Å². The monoisotopic (exact) mass is 440 g/mol. The molecule has 1 heterocycles. The van der Waals surface area contributed by atoms with Gasteiger partial charge in [0.2, 0.25) is 0 Å². The van der Waals surface area contributed by atoms with E-state index in [4.69, 9.17) is 0 Å². The van der Waals surface area contributed by atoms with Crippen LogP contribution in [0.4, 0.5) is 5.69 Å². The van der Waals surface area contributed by atoms with Crippen molar-refractivity contribution in [2.45, 2.75) is 19.9 Å². The maximum atomic E-state index is 13.0. The minimum atomic E-state index is -0.375. The quantitative estimate of drug-likeness (QED) is 0.529. The summed E-state index contributed by atoms with van der Waals surface area (Å²) in [5.74, 6) is -0.639. The number of allylic oxidation sites excluding steroid dienone is 7. The Balaban J connectivity index is 2.01. The molecule has 0 saturated carbocycles. The molecule has 3 N–H and O–H groups in total. The van der Waals surface area contributed by atoms with Gasteiger partial charge in [0.05, 0.1) is 17.8 Å². The van der Waals surface area contributed by atoms with E-state index in [-0.39, 0.29) is 17.9 Å². The minimum absolute atomic E-state index is 0.181. The highest BCUT2D eigenvalue weighted by atomic mass is 16.2. The van der Waals surface area contributed by atoms with Crippen LogP contribution in [-0.2, 0) is 0 Å². The summed E-state index contributed by atoms with van der Waals surface area (Å²) in [6, 6.07) is 12.9. The smallest absolute Gasteiger partial charge is 0.272 e. The van der Waals surface area contributed by atoms with Gasteiger partial charge in [-0.15, -0.1) is 0 Å². The summed E-state index contributed by atoms with van der Waals surface area (Å²) < 4.78 is 0. The number of carbonyl (C=O) groups is 2. The fourth-order valence-electron chi connectivity index (χ4n) is 3.54. The Morgan fingerprint density at radius 3 is 2.64 bits per heavy atom. The molecule has 168 valence electrons. The van der Waals surface area contributed by atoms with E-state index in [1.807, 2.05) is 68.5 Å². The molecule has 33 heavy (non-hydrogen) atoms. The first-order valence-electron chi connectivity index (χ1n) is 10.7. The van der Waals surface area contributed by atoms with Crippen LogP contribution in [0.25, 0.3) is 5.57 Å². The van der Waals surface area contributed by atoms with E-state index < -0.39 is 0 Å². The second-order valence-electron chi connectivity index (χ2n) is 7.63. The van der Waals surface area contributed by atoms with Crippen LogP contribution in [0, 0.1) is 0 Å². The zero-order chi connectivity index (χ0) is 23.8. The van der Waals surface area contributed by atoms with Crippen LogP contribution in [0.3, 0.4) is 0 Å². The SMILES string of the molecule is C=C\C=C/C=C(C)/C=C1\C=NNC(=O)c2cc(C(=O)NC(C)c3ccccc3)cc(NC)c21. The Morgan fingerprint density at radius 2 is 1.94 bits per heavy atom. The summed E-state index contributed by atoms with van der Waals surface area (Å²) in [6.45, 7) is 7.55. The van der Waals surface area contributed by atoms with Crippen LogP contribution in [-0.4, -0.2) is 25.1 Å². The molecule has 2 amide bonds. The van der Waals surface area contributed by atoms with Gasteiger partial charge in [-0.25, -0.2) is 5.43 Å². The van der Waals surface area contributed by atoms with Crippen LogP contribution >= 0.6 is 0 Å². The number of nitrogens with one attached hydrogen (secondary N) is 3. The van der Waals surface area contributed by atoms with Crippen LogP contribution in [0.1, 0.15) is 51.7 Å². The van der Waals surface area contributed by atoms with E-state index in [1.54, 1.807) is 31.5 Å². The van der Waals surface area contributed by atoms with Gasteiger partial charge in [0.25, 0.3) is 11.8 Å². The number of benzene rings is 2. The third-order valence-corrected chi connectivity index (χ3v) is 5.21. The molecule has 0 spiro atoms. The highest BCUT2D eigenvalue weighted by Crippen LogP contribution is 2.31. The highest BCUT2D eigenvalue weighted by Gasteiger charge is 2.23. The Morgan fingerprint density at radius 1 is 1.18 bits per heavy atom. The summed E-state index contributed by atoms with van der Waals surface area (Å²) in [6.07, 6.45) is 10.9. The fraction of sp³-hybridized carbons (Fsp3) is 0.148. The third kappa shape index (κ3) is 5.74. The topological polar surface area (TPSA) is 82.6 Å². The molecule has 0 radical (unpaired) electrons. The van der Waals surface area contributed by atoms with Gasteiger partial charge >= 0.3 is 0 Å². The van der Waals surface area contributed by atoms with E-state index >= 15 is 0 Å². The first-order valence-corrected chi connectivity index (χ1v) is 10.7. The summed E-state index contributed by atoms with van der Waals surface area (Å²) in [5, 5.41) is 10.2. The molecular weight excluding hydrogens is 412 g/mol. The number of hydrogen-bond donors (Lipinski definition) is 3. The molecule has 1 atom stereocenters. The number of fused-ring (bicyclic) bond motifs is 1. The zero-order valence-corrected chi connectivity index (χ0v) is 19.1. The number of hydrazone groups is 1. The van der Waals surface area contributed by atoms with Crippen molar-refractivity contribution in [2.24, 2.45) is 5.10 Å². The van der Waals surface area contributed by atoms with Crippen molar-refractivity contribution in [1.82, 2.24) is 10.7 Å². The Kier molecular flexibility index (Phi) is 7.76. The molecule has 0 aliphatic carbocycles. The zero-order valence-electron chi connectivity index (χ0n) is 19.1. The number of anilines is 1. The minimum Gasteiger partial charge on any atom is -0.388 e. The van der Waals surface area contributed by atoms with E-state index in [0.29, 0.717) is 22.4 Å². The van der Waals surface area contributed by atoms with Crippen LogP contribution in [0.5, 0.6) is 0 Å². The molecule has 6 nitrogen and oxygen atoms in total. The van der Waals surface area contributed by atoms with Crippen LogP contribution < -0.4 is 16.1 Å². The lowest BCUT2D eigenvalue weighted by Crippen LogP contribution is -2.27. The predicted octanol–water partition coefficient (Wildman–Crippen LogP) is 5.02. The third-order valence-electron chi connectivity index (χ3n) is 5.21. The molecule has 1 aliphatic heterocycles. The maximum Gasteiger partial charge on any atom is 0.272 e. The first-order chi connectivity index (χ1) is 15.9. The second kappa shape index (κ2) is 10.9. The number of nitrogens with zero attached hydrogens (tertiary/aromatic N) is 1. The van der Waals surface area contributed by atoms with Crippen molar-refractivity contribution in [3.63, 3.8) is 0 Å². The number of amides is 2. The highest BCUT2D eigenvalue weighted by molar-refractivity contribution is 6.19. The van der Waals surface area contributed by atoms with Gasteiger partial charge in [0, 0.05) is 29.4 Å². The van der Waals surface area contributed by atoms with Gasteiger partial charge in [0.1, 0.15) is 0 Å². The van der Waals surface area contributed by atoms with E-state index in [0.717, 1.165) is 16.7 Å². The van der Waals surface area contributed by atoms with E-state index in [2.05, 4.69) is 27.7 Å². The van der Waals surface area contributed by atoms with Gasteiger partial charge in [-0.2, -0.15) is 5.10 Å². The average Bonchev–Trinajstić information content (AvgIpc) is 2.97. The molecule has 0 bridgehead atoms. The molecule has 6 heteroatoms. The summed E-state index contributed by atoms with van der Waals surface area (Å²) in [4.78, 5) is 25.8. The van der Waals surface area contributed by atoms with Crippen molar-refractivity contribution in [2.75, 3.05) is 12.4 Å². The van der Waals surface area contributed by atoms with Crippen molar-refractivity contribution >= 4 is 29.3 Å². The predicted molar refractivity (Wildman–Crippen MR) is 135 cm³/mol. The second-order valence-corrected chi connectivity index (χ2v) is 7.63. The Bertz CT molecular complexity index is 1170. The summed E-state index contributed by atoms with van der Waals surface area (Å²) in [7, 11) is 1.76. The molecule has 1 aliphatic rings. The van der Waals surface area contributed by atoms with Gasteiger partial charge in [-0.05, 0) is 37.6 Å². The fourth-order valence-corrected chi connectivity index (χ4v) is 3.54. The van der Waals surface area contributed by atoms with Crippen molar-refractivity contribution in [3.8, 4) is 0 Å². The van der Waals surface area contributed by atoms with Gasteiger partial charge < -0.3 is 10.6 Å². The summed E-state index contributed by atoms with van der Waals surface area (Å²) >= 11 is 0. The number of hydrogen-bond acceptors (Lipinski definition) is 4. The molecule has 0 fully saturated rings. The van der Waals surface area contributed by atoms with Gasteiger partial charge in [-0.1, -0.05) is 66.8 Å². The lowest BCUT2D eigenvalue weighted by Gasteiger charge is -2.18. The number of rotatable bonds is 7. The Hall–Kier alpha value is -4.19. The van der Waals surface area contributed by atoms with E-state index in [9.17, 15) is 9.59 Å². The summed E-state index contributed by atoms with van der Waals surface area (Å²) in [5.41, 5.74) is 7.34. The normalized spacial score (nSPS) is 15.5. The lowest BCUT2D eigenvalue weighted by atomic mass is 9.93.